The number of thiazole rings is 1. The SMILES string of the molecule is Cc1cn2c(=O)cc(CN[C@@H]3CCO[C@H]3c3ccn[nH]3)nc2s1. The Labute approximate surface area is 136 Å². The first-order valence-electron chi connectivity index (χ1n) is 7.54. The van der Waals surface area contributed by atoms with Gasteiger partial charge in [-0.25, -0.2) is 4.98 Å². The van der Waals surface area contributed by atoms with Crippen molar-refractivity contribution in [2.24, 2.45) is 0 Å². The van der Waals surface area contributed by atoms with E-state index in [1.54, 1.807) is 16.7 Å². The number of fused-ring (bicyclic) bond motifs is 1. The van der Waals surface area contributed by atoms with Gasteiger partial charge in [0, 0.05) is 42.5 Å². The minimum absolute atomic E-state index is 0.0358. The lowest BCUT2D eigenvalue weighted by Crippen LogP contribution is -2.32. The lowest BCUT2D eigenvalue weighted by atomic mass is 10.1. The van der Waals surface area contributed by atoms with Crippen LogP contribution < -0.4 is 10.9 Å². The second-order valence-electron chi connectivity index (χ2n) is 5.66. The van der Waals surface area contributed by atoms with Gasteiger partial charge in [-0.3, -0.25) is 14.3 Å². The van der Waals surface area contributed by atoms with Crippen LogP contribution >= 0.6 is 11.3 Å². The predicted molar refractivity (Wildman–Crippen MR) is 86.6 cm³/mol. The molecule has 0 amide bonds. The summed E-state index contributed by atoms with van der Waals surface area (Å²) in [5.74, 6) is 0. The molecule has 1 fully saturated rings. The highest BCUT2D eigenvalue weighted by molar-refractivity contribution is 7.16. The molecule has 1 saturated heterocycles. The maximum atomic E-state index is 12.1. The molecule has 3 aromatic rings. The minimum Gasteiger partial charge on any atom is -0.370 e. The topological polar surface area (TPSA) is 84.3 Å². The molecule has 1 aliphatic rings. The molecule has 4 heterocycles. The summed E-state index contributed by atoms with van der Waals surface area (Å²) in [6.45, 7) is 3.23. The van der Waals surface area contributed by atoms with E-state index in [4.69, 9.17) is 4.74 Å². The first-order valence-corrected chi connectivity index (χ1v) is 8.35. The third-order valence-corrected chi connectivity index (χ3v) is 4.90. The summed E-state index contributed by atoms with van der Waals surface area (Å²) in [5.41, 5.74) is 1.69. The third kappa shape index (κ3) is 2.80. The second-order valence-corrected chi connectivity index (χ2v) is 6.87. The molecular formula is C15H17N5O2S. The predicted octanol–water partition coefficient (Wildman–Crippen LogP) is 1.41. The van der Waals surface area contributed by atoms with Gasteiger partial charge >= 0.3 is 0 Å². The number of rotatable bonds is 4. The molecule has 0 spiro atoms. The van der Waals surface area contributed by atoms with Crippen LogP contribution in [0.3, 0.4) is 0 Å². The average molecular weight is 331 g/mol. The molecule has 0 saturated carbocycles. The highest BCUT2D eigenvalue weighted by atomic mass is 32.1. The normalized spacial score (nSPS) is 21.3. The van der Waals surface area contributed by atoms with Gasteiger partial charge in [-0.2, -0.15) is 5.10 Å². The van der Waals surface area contributed by atoms with Crippen molar-refractivity contribution >= 4 is 16.3 Å². The molecule has 0 aliphatic carbocycles. The zero-order valence-corrected chi connectivity index (χ0v) is 13.5. The third-order valence-electron chi connectivity index (χ3n) is 4.00. The van der Waals surface area contributed by atoms with Crippen molar-refractivity contribution in [2.75, 3.05) is 6.61 Å². The first-order chi connectivity index (χ1) is 11.2. The minimum atomic E-state index is -0.0380. The first kappa shape index (κ1) is 14.6. The van der Waals surface area contributed by atoms with Crippen LogP contribution in [0.1, 0.15) is 28.8 Å². The summed E-state index contributed by atoms with van der Waals surface area (Å²) in [4.78, 5) is 18.5. The molecular weight excluding hydrogens is 314 g/mol. The molecule has 0 bridgehead atoms. The van der Waals surface area contributed by atoms with Crippen molar-refractivity contribution in [3.63, 3.8) is 0 Å². The van der Waals surface area contributed by atoms with Crippen LogP contribution in [-0.4, -0.2) is 32.2 Å². The van der Waals surface area contributed by atoms with Gasteiger partial charge in [-0.15, -0.1) is 11.3 Å². The van der Waals surface area contributed by atoms with E-state index in [1.807, 2.05) is 19.2 Å². The lowest BCUT2D eigenvalue weighted by molar-refractivity contribution is 0.0950. The Kier molecular flexibility index (Phi) is 3.72. The number of aromatic nitrogens is 4. The van der Waals surface area contributed by atoms with Crippen LogP contribution in [0, 0.1) is 6.92 Å². The Morgan fingerprint density at radius 2 is 2.48 bits per heavy atom. The maximum absolute atomic E-state index is 12.1. The molecule has 1 aliphatic heterocycles. The Bertz CT molecular complexity index is 870. The summed E-state index contributed by atoms with van der Waals surface area (Å²) < 4.78 is 7.37. The van der Waals surface area contributed by atoms with Crippen LogP contribution in [0.4, 0.5) is 0 Å². The Morgan fingerprint density at radius 1 is 1.57 bits per heavy atom. The van der Waals surface area contributed by atoms with E-state index in [-0.39, 0.29) is 17.7 Å². The lowest BCUT2D eigenvalue weighted by Gasteiger charge is -2.18. The van der Waals surface area contributed by atoms with E-state index in [0.29, 0.717) is 13.2 Å². The molecule has 7 nitrogen and oxygen atoms in total. The summed E-state index contributed by atoms with van der Waals surface area (Å²) in [7, 11) is 0. The maximum Gasteiger partial charge on any atom is 0.258 e. The quantitative estimate of drug-likeness (QED) is 0.755. The average Bonchev–Trinajstić information content (AvgIpc) is 3.24. The summed E-state index contributed by atoms with van der Waals surface area (Å²) in [6.07, 6.45) is 4.43. The highest BCUT2D eigenvalue weighted by Gasteiger charge is 2.30. The number of hydrogen-bond donors (Lipinski definition) is 2. The molecule has 2 atom stereocenters. The van der Waals surface area contributed by atoms with Gasteiger partial charge in [0.25, 0.3) is 5.56 Å². The number of H-pyrrole nitrogens is 1. The van der Waals surface area contributed by atoms with Crippen LogP contribution in [0.5, 0.6) is 0 Å². The monoisotopic (exact) mass is 331 g/mol. The smallest absolute Gasteiger partial charge is 0.258 e. The molecule has 0 radical (unpaired) electrons. The van der Waals surface area contributed by atoms with Gasteiger partial charge in [0.2, 0.25) is 0 Å². The molecule has 120 valence electrons. The summed E-state index contributed by atoms with van der Waals surface area (Å²) in [6, 6.07) is 3.70. The zero-order valence-electron chi connectivity index (χ0n) is 12.7. The Balaban J connectivity index is 1.51. The van der Waals surface area contributed by atoms with Gasteiger partial charge in [0.05, 0.1) is 11.4 Å². The van der Waals surface area contributed by atoms with E-state index in [9.17, 15) is 4.79 Å². The fourth-order valence-electron chi connectivity index (χ4n) is 2.91. The fraction of sp³-hybridized carbons (Fsp3) is 0.400. The molecule has 3 aromatic heterocycles. The van der Waals surface area contributed by atoms with Crippen LogP contribution in [0.2, 0.25) is 0 Å². The molecule has 8 heteroatoms. The van der Waals surface area contributed by atoms with Gasteiger partial charge < -0.3 is 10.1 Å². The zero-order chi connectivity index (χ0) is 15.8. The fourth-order valence-corrected chi connectivity index (χ4v) is 3.76. The van der Waals surface area contributed by atoms with Crippen LogP contribution in [0.15, 0.2) is 29.3 Å². The van der Waals surface area contributed by atoms with Crippen molar-refractivity contribution in [2.45, 2.75) is 32.0 Å². The molecule has 0 unspecified atom stereocenters. The van der Waals surface area contributed by atoms with E-state index < -0.39 is 0 Å². The van der Waals surface area contributed by atoms with Gasteiger partial charge in [0.1, 0.15) is 6.10 Å². The molecule has 23 heavy (non-hydrogen) atoms. The molecule has 4 rings (SSSR count). The number of aryl methyl sites for hydroxylation is 1. The van der Waals surface area contributed by atoms with Crippen molar-refractivity contribution in [3.05, 3.63) is 51.1 Å². The number of nitrogens with one attached hydrogen (secondary N) is 2. The van der Waals surface area contributed by atoms with Gasteiger partial charge in [-0.1, -0.05) is 0 Å². The van der Waals surface area contributed by atoms with Gasteiger partial charge in [-0.05, 0) is 19.4 Å². The highest BCUT2D eigenvalue weighted by Crippen LogP contribution is 2.27. The Morgan fingerprint density at radius 3 is 3.30 bits per heavy atom. The van der Waals surface area contributed by atoms with Gasteiger partial charge in [0.15, 0.2) is 4.96 Å². The van der Waals surface area contributed by atoms with Crippen molar-refractivity contribution in [1.82, 2.24) is 24.9 Å². The van der Waals surface area contributed by atoms with Crippen LogP contribution in [-0.2, 0) is 11.3 Å². The standard InChI is InChI=1S/C15H17N5O2S/c1-9-8-20-13(21)6-10(18-15(20)23-9)7-16-11-3-5-22-14(11)12-2-4-17-19-12/h2,4,6,8,11,14,16H,3,5,7H2,1H3,(H,17,19)/t11-,14-/m1/s1. The molecule has 0 aromatic carbocycles. The Hall–Kier alpha value is -2.03. The van der Waals surface area contributed by atoms with Crippen LogP contribution in [0.25, 0.3) is 4.96 Å². The van der Waals surface area contributed by atoms with E-state index in [2.05, 4.69) is 20.5 Å². The number of hydrogen-bond acceptors (Lipinski definition) is 6. The van der Waals surface area contributed by atoms with E-state index in [0.717, 1.165) is 27.6 Å². The van der Waals surface area contributed by atoms with E-state index in [1.165, 1.54) is 11.3 Å². The second kappa shape index (κ2) is 5.88. The summed E-state index contributed by atoms with van der Waals surface area (Å²) in [5, 5.41) is 10.4. The summed E-state index contributed by atoms with van der Waals surface area (Å²) >= 11 is 1.52. The number of nitrogens with zero attached hydrogens (tertiary/aromatic N) is 3. The van der Waals surface area contributed by atoms with E-state index >= 15 is 0 Å². The molecule has 2 N–H and O–H groups in total. The number of aromatic amines is 1. The van der Waals surface area contributed by atoms with Crippen molar-refractivity contribution in [3.8, 4) is 0 Å². The largest absolute Gasteiger partial charge is 0.370 e. The van der Waals surface area contributed by atoms with Crippen molar-refractivity contribution < 1.29 is 4.74 Å². The van der Waals surface area contributed by atoms with Crippen molar-refractivity contribution in [1.29, 1.82) is 0 Å². The number of ether oxygens (including phenoxy) is 1.